The molecule has 0 atom stereocenters. The molecular formula is C23H21FN2O4. The highest BCUT2D eigenvalue weighted by atomic mass is 19.1. The Morgan fingerprint density at radius 3 is 2.10 bits per heavy atom. The second-order valence-electron chi connectivity index (χ2n) is 6.24. The van der Waals surface area contributed by atoms with Crippen molar-refractivity contribution in [3.05, 3.63) is 84.2 Å². The summed E-state index contributed by atoms with van der Waals surface area (Å²) in [6.07, 6.45) is 0. The number of ether oxygens (including phenoxy) is 2. The Kier molecular flexibility index (Phi) is 7.00. The van der Waals surface area contributed by atoms with E-state index in [9.17, 15) is 14.0 Å². The maximum atomic E-state index is 13.6. The van der Waals surface area contributed by atoms with Gasteiger partial charge in [-0.2, -0.15) is 0 Å². The molecule has 0 aliphatic carbocycles. The molecule has 0 aliphatic rings. The number of hydrogen-bond acceptors (Lipinski definition) is 4. The molecule has 0 saturated heterocycles. The lowest BCUT2D eigenvalue weighted by Gasteiger charge is -2.10. The summed E-state index contributed by atoms with van der Waals surface area (Å²) in [6.45, 7) is 2.24. The minimum atomic E-state index is -0.651. The summed E-state index contributed by atoms with van der Waals surface area (Å²) in [6, 6.07) is 19.6. The van der Waals surface area contributed by atoms with Crippen LogP contribution in [0.15, 0.2) is 72.8 Å². The molecule has 0 aliphatic heterocycles. The monoisotopic (exact) mass is 408 g/mol. The van der Waals surface area contributed by atoms with Crippen molar-refractivity contribution in [2.75, 3.05) is 18.5 Å². The maximum absolute atomic E-state index is 13.6. The topological polar surface area (TPSA) is 76.7 Å². The molecular weight excluding hydrogens is 387 g/mol. The first-order chi connectivity index (χ1) is 14.5. The predicted octanol–water partition coefficient (Wildman–Crippen LogP) is 4.39. The number of carbonyl (C=O) groups excluding carboxylic acids is 2. The Labute approximate surface area is 173 Å². The molecule has 3 aromatic carbocycles. The number of halogens is 1. The summed E-state index contributed by atoms with van der Waals surface area (Å²) in [5.74, 6) is 0.307. The number of nitrogens with one attached hydrogen (secondary N) is 2. The van der Waals surface area contributed by atoms with Crippen LogP contribution in [-0.4, -0.2) is 25.0 Å². The first-order valence-electron chi connectivity index (χ1n) is 9.38. The minimum absolute atomic E-state index is 0.110. The van der Waals surface area contributed by atoms with Crippen LogP contribution in [0, 0.1) is 5.82 Å². The van der Waals surface area contributed by atoms with Gasteiger partial charge in [-0.05, 0) is 67.6 Å². The van der Waals surface area contributed by atoms with Crippen LogP contribution >= 0.6 is 0 Å². The lowest BCUT2D eigenvalue weighted by Crippen LogP contribution is -2.33. The average Bonchev–Trinajstić information content (AvgIpc) is 2.75. The number of hydrogen-bond donors (Lipinski definition) is 2. The van der Waals surface area contributed by atoms with Crippen LogP contribution in [0.25, 0.3) is 0 Å². The highest BCUT2D eigenvalue weighted by molar-refractivity contribution is 5.99. The number of carbonyl (C=O) groups is 2. The van der Waals surface area contributed by atoms with Gasteiger partial charge in [-0.1, -0.05) is 12.1 Å². The van der Waals surface area contributed by atoms with Crippen LogP contribution in [0.3, 0.4) is 0 Å². The van der Waals surface area contributed by atoms with Crippen molar-refractivity contribution in [3.8, 4) is 17.2 Å². The molecule has 154 valence electrons. The van der Waals surface area contributed by atoms with Crippen LogP contribution < -0.4 is 20.1 Å². The molecule has 7 heteroatoms. The van der Waals surface area contributed by atoms with Gasteiger partial charge in [-0.25, -0.2) is 4.39 Å². The summed E-state index contributed by atoms with van der Waals surface area (Å²) in [7, 11) is 0. The minimum Gasteiger partial charge on any atom is -0.494 e. The molecule has 0 spiro atoms. The predicted molar refractivity (Wildman–Crippen MR) is 111 cm³/mol. The van der Waals surface area contributed by atoms with Crippen LogP contribution in [0.4, 0.5) is 10.1 Å². The number of amides is 2. The van der Waals surface area contributed by atoms with Gasteiger partial charge in [-0.15, -0.1) is 0 Å². The Morgan fingerprint density at radius 1 is 0.867 bits per heavy atom. The highest BCUT2D eigenvalue weighted by Crippen LogP contribution is 2.25. The molecule has 2 N–H and O–H groups in total. The Hall–Kier alpha value is -3.87. The Balaban J connectivity index is 1.49. The summed E-state index contributed by atoms with van der Waals surface area (Å²) < 4.78 is 24.7. The second-order valence-corrected chi connectivity index (χ2v) is 6.24. The van der Waals surface area contributed by atoms with Crippen LogP contribution in [0.1, 0.15) is 17.3 Å². The van der Waals surface area contributed by atoms with Crippen LogP contribution in [0.2, 0.25) is 0 Å². The zero-order valence-corrected chi connectivity index (χ0v) is 16.4. The molecule has 30 heavy (non-hydrogen) atoms. The third kappa shape index (κ3) is 5.81. The lowest BCUT2D eigenvalue weighted by atomic mass is 10.2. The molecule has 3 aromatic rings. The van der Waals surface area contributed by atoms with Crippen molar-refractivity contribution < 1.29 is 23.5 Å². The van der Waals surface area contributed by atoms with E-state index in [2.05, 4.69) is 10.6 Å². The first kappa shape index (κ1) is 20.9. The van der Waals surface area contributed by atoms with Crippen LogP contribution in [-0.2, 0) is 4.79 Å². The number of benzene rings is 3. The molecule has 0 fully saturated rings. The number of rotatable bonds is 8. The Morgan fingerprint density at radius 2 is 1.47 bits per heavy atom. The van der Waals surface area contributed by atoms with E-state index < -0.39 is 17.6 Å². The average molecular weight is 408 g/mol. The smallest absolute Gasteiger partial charge is 0.254 e. The molecule has 0 heterocycles. The SMILES string of the molecule is CCOc1ccc(Oc2ccc(NC(=O)CNC(=O)c3ccccc3F)cc2)cc1. The maximum Gasteiger partial charge on any atom is 0.254 e. The molecule has 0 radical (unpaired) electrons. The lowest BCUT2D eigenvalue weighted by molar-refractivity contribution is -0.115. The van der Waals surface area contributed by atoms with Crippen LogP contribution in [0.5, 0.6) is 17.2 Å². The third-order valence-electron chi connectivity index (χ3n) is 4.04. The van der Waals surface area contributed by atoms with Crippen molar-refractivity contribution in [2.24, 2.45) is 0 Å². The van der Waals surface area contributed by atoms with Gasteiger partial charge in [0, 0.05) is 5.69 Å². The van der Waals surface area contributed by atoms with Crippen molar-refractivity contribution in [1.29, 1.82) is 0 Å². The summed E-state index contributed by atoms with van der Waals surface area (Å²) in [4.78, 5) is 24.0. The van der Waals surface area contributed by atoms with E-state index in [0.717, 1.165) is 5.75 Å². The van der Waals surface area contributed by atoms with Gasteiger partial charge in [0.05, 0.1) is 18.7 Å². The normalized spacial score (nSPS) is 10.2. The zero-order valence-electron chi connectivity index (χ0n) is 16.4. The van der Waals surface area contributed by atoms with E-state index in [-0.39, 0.29) is 12.1 Å². The standard InChI is InChI=1S/C23H21FN2O4/c1-2-29-17-11-13-19(14-12-17)30-18-9-7-16(8-10-18)26-22(27)15-25-23(28)20-5-3-4-6-21(20)24/h3-14H,2,15H2,1H3,(H,25,28)(H,26,27). The molecule has 6 nitrogen and oxygen atoms in total. The van der Waals surface area contributed by atoms with Gasteiger partial charge in [0.15, 0.2) is 0 Å². The van der Waals surface area contributed by atoms with Crippen molar-refractivity contribution >= 4 is 17.5 Å². The zero-order chi connectivity index (χ0) is 21.3. The van der Waals surface area contributed by atoms with E-state index in [0.29, 0.717) is 23.8 Å². The molecule has 3 rings (SSSR count). The van der Waals surface area contributed by atoms with Crippen molar-refractivity contribution in [1.82, 2.24) is 5.32 Å². The van der Waals surface area contributed by atoms with Crippen molar-refractivity contribution in [2.45, 2.75) is 6.92 Å². The van der Waals surface area contributed by atoms with E-state index >= 15 is 0 Å². The van der Waals surface area contributed by atoms with E-state index in [1.807, 2.05) is 19.1 Å². The summed E-state index contributed by atoms with van der Waals surface area (Å²) in [5, 5.41) is 5.05. The fourth-order valence-electron chi connectivity index (χ4n) is 2.62. The summed E-state index contributed by atoms with van der Waals surface area (Å²) >= 11 is 0. The highest BCUT2D eigenvalue weighted by Gasteiger charge is 2.12. The van der Waals surface area contributed by atoms with Gasteiger partial charge < -0.3 is 20.1 Å². The fraction of sp³-hybridized carbons (Fsp3) is 0.130. The van der Waals surface area contributed by atoms with Gasteiger partial charge in [0.25, 0.3) is 5.91 Å². The van der Waals surface area contributed by atoms with Crippen molar-refractivity contribution in [3.63, 3.8) is 0 Å². The quantitative estimate of drug-likeness (QED) is 0.580. The first-order valence-corrected chi connectivity index (χ1v) is 9.38. The third-order valence-corrected chi connectivity index (χ3v) is 4.04. The molecule has 0 aromatic heterocycles. The second kappa shape index (κ2) is 10.1. The van der Waals surface area contributed by atoms with Gasteiger partial charge in [0.1, 0.15) is 23.1 Å². The van der Waals surface area contributed by atoms with E-state index in [4.69, 9.17) is 9.47 Å². The van der Waals surface area contributed by atoms with Gasteiger partial charge in [0.2, 0.25) is 5.91 Å². The molecule has 0 bridgehead atoms. The van der Waals surface area contributed by atoms with E-state index in [1.54, 1.807) is 42.5 Å². The van der Waals surface area contributed by atoms with Gasteiger partial charge >= 0.3 is 0 Å². The fourth-order valence-corrected chi connectivity index (χ4v) is 2.62. The Bertz CT molecular complexity index is 1000. The number of anilines is 1. The molecule has 2 amide bonds. The summed E-state index contributed by atoms with van der Waals surface area (Å²) in [5.41, 5.74) is 0.431. The van der Waals surface area contributed by atoms with Gasteiger partial charge in [-0.3, -0.25) is 9.59 Å². The molecule has 0 saturated carbocycles. The largest absolute Gasteiger partial charge is 0.494 e. The van der Waals surface area contributed by atoms with E-state index in [1.165, 1.54) is 18.2 Å². The molecule has 0 unspecified atom stereocenters.